The van der Waals surface area contributed by atoms with Crippen LogP contribution in [-0.2, 0) is 9.59 Å². The van der Waals surface area contributed by atoms with Crippen LogP contribution in [0.5, 0.6) is 5.75 Å². The highest BCUT2D eigenvalue weighted by Gasteiger charge is 2.31. The molecule has 0 aliphatic carbocycles. The molecule has 0 bridgehead atoms. The Morgan fingerprint density at radius 2 is 1.93 bits per heavy atom. The molecule has 1 heterocycles. The fraction of sp³-hybridized carbons (Fsp3) is 0.238. The van der Waals surface area contributed by atoms with Gasteiger partial charge in [-0.25, -0.2) is 4.39 Å². The lowest BCUT2D eigenvalue weighted by molar-refractivity contribution is -0.123. The Kier molecular flexibility index (Phi) is 5.54. The van der Waals surface area contributed by atoms with E-state index in [9.17, 15) is 14.0 Å². The molecule has 1 N–H and O–H groups in total. The Bertz CT molecular complexity index is 895. The van der Waals surface area contributed by atoms with Gasteiger partial charge in [0.1, 0.15) is 12.4 Å². The molecule has 0 fully saturated rings. The number of nitrogens with zero attached hydrogens (tertiary/aromatic N) is 1. The maximum atomic E-state index is 14.0. The average molecular weight is 368 g/mol. The Balaban J connectivity index is 1.93. The summed E-state index contributed by atoms with van der Waals surface area (Å²) in [7, 11) is 0. The molecule has 0 saturated heterocycles. The predicted molar refractivity (Wildman–Crippen MR) is 102 cm³/mol. The third-order valence-corrected chi connectivity index (χ3v) is 4.35. The molecule has 2 aromatic carbocycles. The second kappa shape index (κ2) is 8.03. The average Bonchev–Trinajstić information content (AvgIpc) is 2.66. The molecule has 0 saturated carbocycles. The van der Waals surface area contributed by atoms with Gasteiger partial charge in [-0.1, -0.05) is 37.3 Å². The van der Waals surface area contributed by atoms with Crippen molar-refractivity contribution in [1.29, 1.82) is 0 Å². The first-order valence-corrected chi connectivity index (χ1v) is 8.84. The van der Waals surface area contributed by atoms with Crippen molar-refractivity contribution in [2.24, 2.45) is 0 Å². The van der Waals surface area contributed by atoms with Crippen molar-refractivity contribution in [2.75, 3.05) is 11.4 Å². The van der Waals surface area contributed by atoms with Crippen LogP contribution in [0.1, 0.15) is 25.8 Å². The van der Waals surface area contributed by atoms with Crippen LogP contribution < -0.4 is 15.0 Å². The molecule has 0 unspecified atom stereocenters. The maximum Gasteiger partial charge on any atom is 0.294 e. The number of carbonyl (C=O) groups is 2. The van der Waals surface area contributed by atoms with E-state index in [1.54, 1.807) is 42.5 Å². The molecule has 0 aromatic heterocycles. The molecule has 1 atom stereocenters. The molecule has 0 spiro atoms. The summed E-state index contributed by atoms with van der Waals surface area (Å²) in [6, 6.07) is 13.1. The van der Waals surface area contributed by atoms with Crippen LogP contribution in [0.15, 0.2) is 54.3 Å². The van der Waals surface area contributed by atoms with Crippen LogP contribution >= 0.6 is 0 Å². The fourth-order valence-corrected chi connectivity index (χ4v) is 2.72. The number of rotatable bonds is 5. The highest BCUT2D eigenvalue weighted by Crippen LogP contribution is 2.35. The van der Waals surface area contributed by atoms with Crippen LogP contribution in [0.25, 0.3) is 6.08 Å². The van der Waals surface area contributed by atoms with Crippen molar-refractivity contribution < 1.29 is 18.7 Å². The van der Waals surface area contributed by atoms with E-state index < -0.39 is 11.7 Å². The van der Waals surface area contributed by atoms with Crippen molar-refractivity contribution in [1.82, 2.24) is 5.32 Å². The zero-order chi connectivity index (χ0) is 19.4. The standard InChI is InChI=1S/C21H21FN2O3/c1-3-14(2)23-20(25)13-24-17-10-6-7-11-18(17)27-19(21(24)26)12-15-8-4-5-9-16(15)22/h4-12,14H,3,13H2,1-2H3,(H,23,25)/b19-12-/t14-/m0/s1. The number of hydrogen-bond acceptors (Lipinski definition) is 3. The molecule has 6 heteroatoms. The lowest BCUT2D eigenvalue weighted by atomic mass is 10.1. The van der Waals surface area contributed by atoms with Gasteiger partial charge in [-0.05, 0) is 37.6 Å². The smallest absolute Gasteiger partial charge is 0.294 e. The Labute approximate surface area is 157 Å². The second-order valence-electron chi connectivity index (χ2n) is 6.37. The number of anilines is 1. The van der Waals surface area contributed by atoms with Gasteiger partial charge in [0.2, 0.25) is 5.91 Å². The van der Waals surface area contributed by atoms with E-state index >= 15 is 0 Å². The van der Waals surface area contributed by atoms with Gasteiger partial charge in [0.05, 0.1) is 5.69 Å². The van der Waals surface area contributed by atoms with E-state index in [0.717, 1.165) is 6.42 Å². The second-order valence-corrected chi connectivity index (χ2v) is 6.37. The van der Waals surface area contributed by atoms with Gasteiger partial charge in [-0.3, -0.25) is 14.5 Å². The molecule has 3 rings (SSSR count). The van der Waals surface area contributed by atoms with E-state index in [4.69, 9.17) is 4.74 Å². The first-order chi connectivity index (χ1) is 13.0. The van der Waals surface area contributed by atoms with Gasteiger partial charge >= 0.3 is 0 Å². The summed E-state index contributed by atoms with van der Waals surface area (Å²) in [5, 5.41) is 2.85. The number of para-hydroxylation sites is 2. The number of benzene rings is 2. The SMILES string of the molecule is CC[C@H](C)NC(=O)CN1C(=O)/C(=C/c2ccccc2F)Oc2ccccc21. The number of hydrogen-bond donors (Lipinski definition) is 1. The number of halogens is 1. The maximum absolute atomic E-state index is 14.0. The van der Waals surface area contributed by atoms with Gasteiger partial charge in [0.15, 0.2) is 11.5 Å². The molecule has 1 aliphatic heterocycles. The highest BCUT2D eigenvalue weighted by atomic mass is 19.1. The van der Waals surface area contributed by atoms with Crippen LogP contribution in [0, 0.1) is 5.82 Å². The predicted octanol–water partition coefficient (Wildman–Crippen LogP) is 3.51. The van der Waals surface area contributed by atoms with E-state index in [-0.39, 0.29) is 29.8 Å². The van der Waals surface area contributed by atoms with Gasteiger partial charge in [-0.15, -0.1) is 0 Å². The minimum Gasteiger partial charge on any atom is -0.449 e. The number of carbonyl (C=O) groups excluding carboxylic acids is 2. The summed E-state index contributed by atoms with van der Waals surface area (Å²) in [6.07, 6.45) is 2.14. The molecule has 2 aromatic rings. The molecule has 0 radical (unpaired) electrons. The topological polar surface area (TPSA) is 58.6 Å². The third-order valence-electron chi connectivity index (χ3n) is 4.35. The number of nitrogens with one attached hydrogen (secondary N) is 1. The van der Waals surface area contributed by atoms with Crippen LogP contribution in [-0.4, -0.2) is 24.4 Å². The van der Waals surface area contributed by atoms with Gasteiger partial charge in [0, 0.05) is 11.6 Å². The first kappa shape index (κ1) is 18.6. The first-order valence-electron chi connectivity index (χ1n) is 8.84. The van der Waals surface area contributed by atoms with Crippen molar-refractivity contribution in [3.05, 3.63) is 65.7 Å². The normalized spacial score (nSPS) is 15.9. The van der Waals surface area contributed by atoms with Gasteiger partial charge in [0.25, 0.3) is 5.91 Å². The summed E-state index contributed by atoms with van der Waals surface area (Å²) >= 11 is 0. The lowest BCUT2D eigenvalue weighted by Gasteiger charge is -2.30. The zero-order valence-electron chi connectivity index (χ0n) is 15.2. The van der Waals surface area contributed by atoms with Crippen molar-refractivity contribution in [3.8, 4) is 5.75 Å². The minimum absolute atomic E-state index is 0.0114. The van der Waals surface area contributed by atoms with Crippen LogP contribution in [0.4, 0.5) is 10.1 Å². The molecule has 27 heavy (non-hydrogen) atoms. The molecular formula is C21H21FN2O3. The fourth-order valence-electron chi connectivity index (χ4n) is 2.72. The summed E-state index contributed by atoms with van der Waals surface area (Å²) in [5.41, 5.74) is 0.747. The van der Waals surface area contributed by atoms with Crippen LogP contribution in [0.3, 0.4) is 0 Å². The number of fused-ring (bicyclic) bond motifs is 1. The lowest BCUT2D eigenvalue weighted by Crippen LogP contribution is -2.46. The molecule has 2 amide bonds. The molecule has 1 aliphatic rings. The van der Waals surface area contributed by atoms with E-state index in [1.807, 2.05) is 13.8 Å². The Morgan fingerprint density at radius 1 is 1.22 bits per heavy atom. The summed E-state index contributed by atoms with van der Waals surface area (Å²) in [4.78, 5) is 26.6. The largest absolute Gasteiger partial charge is 0.449 e. The number of ether oxygens (including phenoxy) is 1. The van der Waals surface area contributed by atoms with Gasteiger partial charge < -0.3 is 10.1 Å². The highest BCUT2D eigenvalue weighted by molar-refractivity contribution is 6.12. The van der Waals surface area contributed by atoms with Crippen molar-refractivity contribution in [2.45, 2.75) is 26.3 Å². The summed E-state index contributed by atoms with van der Waals surface area (Å²) in [5.74, 6) is -0.802. The third kappa shape index (κ3) is 4.16. The molecule has 5 nitrogen and oxygen atoms in total. The van der Waals surface area contributed by atoms with Crippen molar-refractivity contribution >= 4 is 23.6 Å². The quantitative estimate of drug-likeness (QED) is 0.822. The zero-order valence-corrected chi connectivity index (χ0v) is 15.2. The molecule has 140 valence electrons. The van der Waals surface area contributed by atoms with Crippen molar-refractivity contribution in [3.63, 3.8) is 0 Å². The summed E-state index contributed by atoms with van der Waals surface area (Å²) in [6.45, 7) is 3.73. The Morgan fingerprint density at radius 3 is 2.67 bits per heavy atom. The van der Waals surface area contributed by atoms with E-state index in [2.05, 4.69) is 5.32 Å². The monoisotopic (exact) mass is 368 g/mol. The minimum atomic E-state index is -0.490. The van der Waals surface area contributed by atoms with E-state index in [1.165, 1.54) is 17.0 Å². The summed E-state index contributed by atoms with van der Waals surface area (Å²) < 4.78 is 19.7. The molecular weight excluding hydrogens is 347 g/mol. The Hall–Kier alpha value is -3.15. The van der Waals surface area contributed by atoms with Crippen LogP contribution in [0.2, 0.25) is 0 Å². The number of amides is 2. The van der Waals surface area contributed by atoms with E-state index in [0.29, 0.717) is 11.4 Å². The van der Waals surface area contributed by atoms with Gasteiger partial charge in [-0.2, -0.15) is 0 Å².